The number of methoxy groups -OCH3 is 4. The van der Waals surface area contributed by atoms with Crippen molar-refractivity contribution in [3.05, 3.63) is 108 Å². The Hall–Kier alpha value is -11.1. The zero-order valence-corrected chi connectivity index (χ0v) is 67.2. The molecule has 0 aliphatic carbocycles. The number of ether oxygens (including phenoxy) is 9. The Balaban J connectivity index is 0.000000284. The molecule has 33 heteroatoms. The SMILES string of the molecule is CC1CCCO1.CCN1CCN(c2ccc(N(C(=O)OC(C)(C)C)c3cc(N(C)C(=O)N(C(=O)OC(C)(C)C)c4cc(OC)cc(OC)c4)ncn3)c(N)c2)CC1.CCN1CCN(c2ccc(N(C(=O)OC(C)(C)C)c3cc(N(C)C(=O)N(C(=O)OC(C)(C)C)c4cc(OC)cc(OC)c4)ncn3)c([N+](=O)[O-])c2)CC1. The van der Waals surface area contributed by atoms with Gasteiger partial charge in [0.25, 0.3) is 5.69 Å². The first-order valence-electron chi connectivity index (χ1n) is 36.2. The Bertz CT molecular complexity index is 4130. The number of rotatable bonds is 17. The fourth-order valence-corrected chi connectivity index (χ4v) is 11.4. The number of nitro groups is 1. The maximum Gasteiger partial charge on any atom is 0.423 e. The molecule has 598 valence electrons. The molecular formula is C77H108N16O17. The van der Waals surface area contributed by atoms with Crippen LogP contribution in [0.2, 0.25) is 0 Å². The van der Waals surface area contributed by atoms with E-state index in [0.717, 1.165) is 95.5 Å². The lowest BCUT2D eigenvalue weighted by atomic mass is 10.1. The van der Waals surface area contributed by atoms with Gasteiger partial charge in [0, 0.05) is 139 Å². The van der Waals surface area contributed by atoms with E-state index in [1.165, 1.54) is 115 Å². The lowest BCUT2D eigenvalue weighted by Gasteiger charge is -2.36. The molecular weight excluding hydrogens is 1420 g/mol. The van der Waals surface area contributed by atoms with Gasteiger partial charge in [0.15, 0.2) is 0 Å². The molecule has 5 heterocycles. The van der Waals surface area contributed by atoms with Crippen molar-refractivity contribution in [2.24, 2.45) is 0 Å². The van der Waals surface area contributed by atoms with Gasteiger partial charge in [-0.3, -0.25) is 19.9 Å². The number of aromatic nitrogens is 4. The number of nitrogens with two attached hydrogens (primary N) is 1. The molecule has 6 aromatic rings. The second kappa shape index (κ2) is 37.4. The molecule has 0 radical (unpaired) electrons. The second-order valence-electron chi connectivity index (χ2n) is 29.9. The number of hydrogen-bond donors (Lipinski definition) is 1. The molecule has 4 aromatic carbocycles. The number of amides is 8. The Labute approximate surface area is 644 Å². The summed E-state index contributed by atoms with van der Waals surface area (Å²) in [6.07, 6.45) is 1.73. The maximum atomic E-state index is 14.2. The molecule has 1 unspecified atom stereocenters. The van der Waals surface area contributed by atoms with Crippen molar-refractivity contribution in [3.63, 3.8) is 0 Å². The monoisotopic (exact) mass is 1530 g/mol. The van der Waals surface area contributed by atoms with E-state index in [2.05, 4.69) is 60.3 Å². The lowest BCUT2D eigenvalue weighted by Crippen LogP contribution is -2.47. The standard InChI is InChI=1S/C36H48N8O9.C36H50N8O7.C5H10O/c1-11-40-14-16-41(17-15-40)24-12-13-28(29(20-24)44(48)49)43(34(47)53-36(5,6)7)31-22-30(37-23-38-31)39(8)32(45)42(33(46)52-35(2,3)4)25-18-26(50-9)21-27(19-25)51-10;1-11-41-14-16-42(17-15-41)24-12-13-29(28(37)20-24)44(34(47)51-36(5,6)7)31-22-30(38-23-39-31)40(8)32(45)43(33(46)50-35(2,3)4)25-18-26(48-9)21-27(19-25)49-10;1-5-3-2-4-6-5/h12-13,18-23H,11,14-17H2,1-10H3;12-13,18-23H,11,14-17,37H2,1-10H3;5H,2-4H2,1H3. The van der Waals surface area contributed by atoms with E-state index in [4.69, 9.17) is 48.4 Å². The van der Waals surface area contributed by atoms with E-state index in [1.54, 1.807) is 107 Å². The number of likely N-dealkylation sites (N-methyl/N-ethyl adjacent to an activating group) is 2. The molecule has 2 aromatic heterocycles. The van der Waals surface area contributed by atoms with Crippen LogP contribution in [0.4, 0.5) is 97.5 Å². The predicted octanol–water partition coefficient (Wildman–Crippen LogP) is 14.1. The summed E-state index contributed by atoms with van der Waals surface area (Å²) < 4.78 is 49.3. The van der Waals surface area contributed by atoms with Gasteiger partial charge in [0.2, 0.25) is 0 Å². The summed E-state index contributed by atoms with van der Waals surface area (Å²) in [6.45, 7) is 36.1. The summed E-state index contributed by atoms with van der Waals surface area (Å²) in [5.74, 6) is 1.24. The summed E-state index contributed by atoms with van der Waals surface area (Å²) in [4.78, 5) is 127. The third kappa shape index (κ3) is 23.7. The zero-order chi connectivity index (χ0) is 81.3. The van der Waals surface area contributed by atoms with Crippen molar-refractivity contribution < 1.29 is 76.3 Å². The van der Waals surface area contributed by atoms with Crippen LogP contribution >= 0.6 is 0 Å². The molecule has 3 aliphatic heterocycles. The number of nitrogen functional groups attached to an aromatic ring is 1. The maximum absolute atomic E-state index is 14.2. The summed E-state index contributed by atoms with van der Waals surface area (Å²) in [7, 11) is 8.55. The predicted molar refractivity (Wildman–Crippen MR) is 422 cm³/mol. The van der Waals surface area contributed by atoms with E-state index in [9.17, 15) is 38.9 Å². The first-order chi connectivity index (χ1) is 51.7. The Morgan fingerprint density at radius 2 is 0.845 bits per heavy atom. The average molecular weight is 1530 g/mol. The van der Waals surface area contributed by atoms with Crippen molar-refractivity contribution in [2.75, 3.05) is 160 Å². The summed E-state index contributed by atoms with van der Waals surface area (Å²) in [5.41, 5.74) is 4.84. The molecule has 0 bridgehead atoms. The largest absolute Gasteiger partial charge is 0.497 e. The number of carbonyl (C=O) groups is 6. The van der Waals surface area contributed by atoms with Crippen molar-refractivity contribution in [1.29, 1.82) is 0 Å². The van der Waals surface area contributed by atoms with E-state index in [-0.39, 0.29) is 46.0 Å². The summed E-state index contributed by atoms with van der Waals surface area (Å²) >= 11 is 0. The highest BCUT2D eigenvalue weighted by Crippen LogP contribution is 2.41. The third-order valence-electron chi connectivity index (χ3n) is 17.0. The Kier molecular flexibility index (Phi) is 29.3. The van der Waals surface area contributed by atoms with Crippen LogP contribution in [-0.4, -0.2) is 214 Å². The summed E-state index contributed by atoms with van der Waals surface area (Å²) in [5, 5.41) is 12.6. The topological polar surface area (TPSA) is 339 Å². The number of carbonyl (C=O) groups excluding carboxylic acids is 6. The van der Waals surface area contributed by atoms with E-state index >= 15 is 0 Å². The number of piperazine rings is 2. The van der Waals surface area contributed by atoms with Gasteiger partial charge < -0.3 is 68.0 Å². The van der Waals surface area contributed by atoms with Gasteiger partial charge in [-0.15, -0.1) is 0 Å². The van der Waals surface area contributed by atoms with Crippen molar-refractivity contribution in [1.82, 2.24) is 29.7 Å². The molecule has 33 nitrogen and oxygen atoms in total. The number of anilines is 11. The molecule has 3 aliphatic rings. The van der Waals surface area contributed by atoms with Crippen molar-refractivity contribution >= 4 is 105 Å². The van der Waals surface area contributed by atoms with Gasteiger partial charge >= 0.3 is 36.4 Å². The molecule has 2 N–H and O–H groups in total. The smallest absolute Gasteiger partial charge is 0.423 e. The number of hydrogen-bond acceptors (Lipinski definition) is 26. The van der Waals surface area contributed by atoms with E-state index in [0.29, 0.717) is 59.3 Å². The molecule has 1 atom stereocenters. The molecule has 0 spiro atoms. The normalized spacial score (nSPS) is 14.7. The minimum Gasteiger partial charge on any atom is -0.497 e. The van der Waals surface area contributed by atoms with Gasteiger partial charge in [-0.1, -0.05) is 13.8 Å². The fraction of sp³-hybridized carbons (Fsp3) is 0.506. The van der Waals surface area contributed by atoms with Crippen LogP contribution in [0, 0.1) is 10.1 Å². The van der Waals surface area contributed by atoms with Crippen molar-refractivity contribution in [3.8, 4) is 23.0 Å². The highest BCUT2D eigenvalue weighted by Gasteiger charge is 2.38. The minimum absolute atomic E-state index is 0.0611. The summed E-state index contributed by atoms with van der Waals surface area (Å²) in [6, 6.07) is 20.2. The van der Waals surface area contributed by atoms with Gasteiger partial charge in [0.05, 0.1) is 62.2 Å². The van der Waals surface area contributed by atoms with Gasteiger partial charge in [-0.25, -0.2) is 58.5 Å². The van der Waals surface area contributed by atoms with E-state index < -0.39 is 63.8 Å². The minimum atomic E-state index is -0.999. The highest BCUT2D eigenvalue weighted by molar-refractivity contribution is 6.18. The van der Waals surface area contributed by atoms with Crippen LogP contribution in [0.25, 0.3) is 0 Å². The number of imide groups is 2. The van der Waals surface area contributed by atoms with E-state index in [1.807, 2.05) is 12.1 Å². The molecule has 110 heavy (non-hydrogen) atoms. The molecule has 9 rings (SSSR count). The van der Waals surface area contributed by atoms with Gasteiger partial charge in [0.1, 0.15) is 87.0 Å². The fourth-order valence-electron chi connectivity index (χ4n) is 11.4. The molecule has 0 saturated carbocycles. The third-order valence-corrected chi connectivity index (χ3v) is 17.0. The number of nitro benzene ring substituents is 1. The van der Waals surface area contributed by atoms with Crippen LogP contribution in [0.15, 0.2) is 97.6 Å². The van der Waals surface area contributed by atoms with Crippen LogP contribution in [0.5, 0.6) is 23.0 Å². The van der Waals surface area contributed by atoms with Gasteiger partial charge in [-0.2, -0.15) is 9.80 Å². The molecule has 3 fully saturated rings. The Morgan fingerprint density at radius 3 is 1.15 bits per heavy atom. The lowest BCUT2D eigenvalue weighted by molar-refractivity contribution is -0.384. The Morgan fingerprint density at radius 1 is 0.500 bits per heavy atom. The first-order valence-corrected chi connectivity index (χ1v) is 36.2. The highest BCUT2D eigenvalue weighted by atomic mass is 16.6. The van der Waals surface area contributed by atoms with Gasteiger partial charge in [-0.05, 0) is 146 Å². The zero-order valence-electron chi connectivity index (χ0n) is 67.2. The van der Waals surface area contributed by atoms with Crippen LogP contribution in [-0.2, 0) is 23.7 Å². The average Bonchev–Trinajstić information content (AvgIpc) is 1.03. The molecule has 8 amide bonds. The molecule has 3 saturated heterocycles. The number of urea groups is 2. The quantitative estimate of drug-likeness (QED) is 0.0383. The van der Waals surface area contributed by atoms with Crippen molar-refractivity contribution in [2.45, 2.75) is 145 Å². The number of nitrogens with zero attached hydrogens (tertiary/aromatic N) is 15. The van der Waals surface area contributed by atoms with Crippen LogP contribution in [0.3, 0.4) is 0 Å². The van der Waals surface area contributed by atoms with Crippen LogP contribution in [0.1, 0.15) is 117 Å². The van der Waals surface area contributed by atoms with Crippen LogP contribution < -0.4 is 63.9 Å². The second-order valence-corrected chi connectivity index (χ2v) is 29.9. The first kappa shape index (κ1) is 86.2. The number of benzene rings is 4.